The number of nitrogens with one attached hydrogen (secondary N) is 2. The summed E-state index contributed by atoms with van der Waals surface area (Å²) in [5.41, 5.74) is 20.5. The van der Waals surface area contributed by atoms with Gasteiger partial charge in [0.05, 0.1) is 41.0 Å². The molecular formula is C43H56N8O6S. The lowest BCUT2D eigenvalue weighted by Gasteiger charge is -2.34. The maximum atomic E-state index is 14.7. The summed E-state index contributed by atoms with van der Waals surface area (Å²) >= 11 is 1.36. The molecule has 1 aliphatic rings. The Morgan fingerprint density at radius 2 is 1.67 bits per heavy atom. The van der Waals surface area contributed by atoms with Gasteiger partial charge in [0.25, 0.3) is 5.91 Å². The van der Waals surface area contributed by atoms with Gasteiger partial charge in [-0.3, -0.25) is 29.0 Å². The summed E-state index contributed by atoms with van der Waals surface area (Å²) in [7, 11) is 1.53. The van der Waals surface area contributed by atoms with Crippen LogP contribution in [0.3, 0.4) is 0 Å². The van der Waals surface area contributed by atoms with Crippen molar-refractivity contribution in [3.05, 3.63) is 94.7 Å². The summed E-state index contributed by atoms with van der Waals surface area (Å²) in [4.78, 5) is 77.2. The van der Waals surface area contributed by atoms with E-state index in [-0.39, 0.29) is 49.4 Å². The van der Waals surface area contributed by atoms with E-state index in [0.29, 0.717) is 18.5 Å². The number of primary amides is 1. The number of ketones is 1. The number of carbonyl (C=O) groups excluding carboxylic acids is 5. The summed E-state index contributed by atoms with van der Waals surface area (Å²) in [5.74, 6) is -2.31. The quantitative estimate of drug-likeness (QED) is 0.0719. The number of thiazole rings is 1. The minimum Gasteiger partial charge on any atom is -0.391 e. The van der Waals surface area contributed by atoms with Crippen LogP contribution >= 0.6 is 11.3 Å². The molecule has 1 fully saturated rings. The minimum atomic E-state index is -1.25. The van der Waals surface area contributed by atoms with Gasteiger partial charge >= 0.3 is 0 Å². The summed E-state index contributed by atoms with van der Waals surface area (Å²) in [6.07, 6.45) is 8.06. The number of fused-ring (bicyclic) bond motifs is 1. The number of carbonyl (C=O) groups is 5. The summed E-state index contributed by atoms with van der Waals surface area (Å²) in [6.45, 7) is 0. The number of amides is 4. The van der Waals surface area contributed by atoms with Gasteiger partial charge in [-0.25, -0.2) is 4.98 Å². The van der Waals surface area contributed by atoms with Crippen LogP contribution in [0.5, 0.6) is 0 Å². The second-order valence-corrected chi connectivity index (χ2v) is 16.1. The number of Topliss-reactive ketones (excluding diaryl/α,β-unsaturated/α-hetero) is 1. The molecule has 5 rings (SSSR count). The van der Waals surface area contributed by atoms with Crippen LogP contribution < -0.4 is 27.8 Å². The smallest absolute Gasteiger partial charge is 0.253 e. The standard InChI is InChI=1S/C43H56N8O6S/c1-51(43(57)36(50-41(55)30-15-9-19-47-24-30)21-29-14-7-13-28-12-5-6-16-32(28)29)37(22-31-25-58-26-48-31)42(56)49-35(20-27-10-3-2-4-11-27)39(53)23-38(52)33(44)17-8-18-34(45)40(46)54/h5-7,9,12-16,19,24-27,33-37,39,53H,2-4,8,10-11,17-18,20-23,44-45H2,1H3,(H2,46,54)(H,49,56)(H,50,55)/t33?,34-,35?,36-,37-,39?/m0/s1. The lowest BCUT2D eigenvalue weighted by atomic mass is 9.82. The monoisotopic (exact) mass is 812 g/mol. The number of likely N-dealkylation sites (N-methyl/N-ethyl adjacent to an activating group) is 1. The minimum absolute atomic E-state index is 0.0681. The van der Waals surface area contributed by atoms with Crippen molar-refractivity contribution in [3.63, 3.8) is 0 Å². The van der Waals surface area contributed by atoms with E-state index in [1.165, 1.54) is 29.5 Å². The number of nitrogens with zero attached hydrogens (tertiary/aromatic N) is 3. The number of aliphatic hydroxyl groups is 1. The van der Waals surface area contributed by atoms with Crippen molar-refractivity contribution in [2.45, 2.75) is 113 Å². The van der Waals surface area contributed by atoms with Crippen molar-refractivity contribution in [2.75, 3.05) is 7.05 Å². The average Bonchev–Trinajstić information content (AvgIpc) is 3.76. The number of hydrogen-bond donors (Lipinski definition) is 6. The van der Waals surface area contributed by atoms with Crippen molar-refractivity contribution >= 4 is 51.5 Å². The van der Waals surface area contributed by atoms with Gasteiger partial charge in [-0.15, -0.1) is 11.3 Å². The van der Waals surface area contributed by atoms with Gasteiger partial charge in [-0.2, -0.15) is 0 Å². The van der Waals surface area contributed by atoms with Crippen LogP contribution in [-0.2, 0) is 32.0 Å². The SMILES string of the molecule is CN(C(=O)[C@H](Cc1cccc2ccccc12)NC(=O)c1cccnc1)[C@@H](Cc1cscn1)C(=O)NC(CC1CCCCC1)C(O)CC(=O)C(N)CCC[C@H](N)C(N)=O. The van der Waals surface area contributed by atoms with E-state index in [1.807, 2.05) is 42.5 Å². The van der Waals surface area contributed by atoms with Gasteiger partial charge in [0, 0.05) is 44.1 Å². The van der Waals surface area contributed by atoms with E-state index in [0.717, 1.165) is 48.4 Å². The first-order valence-electron chi connectivity index (χ1n) is 20.0. The highest BCUT2D eigenvalue weighted by Crippen LogP contribution is 2.29. The van der Waals surface area contributed by atoms with E-state index in [2.05, 4.69) is 20.6 Å². The molecule has 4 amide bonds. The lowest BCUT2D eigenvalue weighted by molar-refractivity contribution is -0.141. The zero-order valence-corrected chi connectivity index (χ0v) is 33.8. The molecule has 6 atom stereocenters. The van der Waals surface area contributed by atoms with E-state index < -0.39 is 59.9 Å². The van der Waals surface area contributed by atoms with E-state index in [1.54, 1.807) is 29.2 Å². The van der Waals surface area contributed by atoms with E-state index >= 15 is 0 Å². The van der Waals surface area contributed by atoms with E-state index in [9.17, 15) is 29.1 Å². The highest BCUT2D eigenvalue weighted by atomic mass is 32.1. The Balaban J connectivity index is 1.39. The number of rotatable bonds is 21. The molecule has 0 saturated heterocycles. The van der Waals surface area contributed by atoms with Crippen LogP contribution in [0, 0.1) is 5.92 Å². The molecule has 1 aliphatic carbocycles. The first-order valence-corrected chi connectivity index (χ1v) is 21.0. The van der Waals surface area contributed by atoms with Crippen LogP contribution in [-0.4, -0.2) is 92.7 Å². The van der Waals surface area contributed by atoms with Gasteiger partial charge in [0.15, 0.2) is 5.78 Å². The van der Waals surface area contributed by atoms with Crippen LogP contribution in [0.15, 0.2) is 77.9 Å². The number of pyridine rings is 1. The molecule has 0 bridgehead atoms. The molecule has 0 spiro atoms. The normalized spacial score (nSPS) is 16.3. The fraction of sp³-hybridized carbons (Fsp3) is 0.465. The molecule has 58 heavy (non-hydrogen) atoms. The first kappa shape index (κ1) is 44.0. The highest BCUT2D eigenvalue weighted by Gasteiger charge is 2.36. The van der Waals surface area contributed by atoms with Gasteiger partial charge < -0.3 is 37.8 Å². The number of aromatic nitrogens is 2. The Labute approximate surface area is 343 Å². The Morgan fingerprint density at radius 1 is 0.931 bits per heavy atom. The predicted octanol–water partition coefficient (Wildman–Crippen LogP) is 3.19. The van der Waals surface area contributed by atoms with Crippen LogP contribution in [0.25, 0.3) is 10.8 Å². The summed E-state index contributed by atoms with van der Waals surface area (Å²) in [5, 5.41) is 21.3. The third kappa shape index (κ3) is 12.5. The second-order valence-electron chi connectivity index (χ2n) is 15.4. The average molecular weight is 813 g/mol. The number of nitrogens with two attached hydrogens (primary N) is 3. The molecule has 310 valence electrons. The molecule has 9 N–H and O–H groups in total. The van der Waals surface area contributed by atoms with Crippen LogP contribution in [0.1, 0.15) is 85.8 Å². The van der Waals surface area contributed by atoms with Gasteiger partial charge in [-0.1, -0.05) is 74.6 Å². The van der Waals surface area contributed by atoms with Gasteiger partial charge in [-0.05, 0) is 60.1 Å². The third-order valence-corrected chi connectivity index (χ3v) is 11.8. The number of hydrogen-bond acceptors (Lipinski definition) is 11. The Morgan fingerprint density at radius 3 is 2.38 bits per heavy atom. The summed E-state index contributed by atoms with van der Waals surface area (Å²) in [6, 6.07) is 12.1. The Kier molecular flexibility index (Phi) is 16.4. The largest absolute Gasteiger partial charge is 0.391 e. The lowest BCUT2D eigenvalue weighted by Crippen LogP contribution is -2.58. The Bertz CT molecular complexity index is 1970. The molecule has 0 radical (unpaired) electrons. The maximum absolute atomic E-state index is 14.7. The molecule has 4 aromatic rings. The van der Waals surface area contributed by atoms with Gasteiger partial charge in [0.1, 0.15) is 12.1 Å². The summed E-state index contributed by atoms with van der Waals surface area (Å²) < 4.78 is 0. The molecule has 1 saturated carbocycles. The molecule has 2 heterocycles. The molecule has 3 unspecified atom stereocenters. The molecule has 14 nitrogen and oxygen atoms in total. The maximum Gasteiger partial charge on any atom is 0.253 e. The fourth-order valence-corrected chi connectivity index (χ4v) is 8.28. The molecule has 15 heteroatoms. The van der Waals surface area contributed by atoms with Crippen molar-refractivity contribution in [2.24, 2.45) is 23.1 Å². The molecular weight excluding hydrogens is 757 g/mol. The zero-order valence-electron chi connectivity index (χ0n) is 33.0. The third-order valence-electron chi connectivity index (χ3n) is 11.2. The van der Waals surface area contributed by atoms with Crippen molar-refractivity contribution in [1.82, 2.24) is 25.5 Å². The van der Waals surface area contributed by atoms with Crippen LogP contribution in [0.4, 0.5) is 0 Å². The Hall–Kier alpha value is -5.09. The topological polar surface area (TPSA) is 237 Å². The van der Waals surface area contributed by atoms with Crippen molar-refractivity contribution in [1.29, 1.82) is 0 Å². The van der Waals surface area contributed by atoms with Gasteiger partial charge in [0.2, 0.25) is 17.7 Å². The predicted molar refractivity (Wildman–Crippen MR) is 223 cm³/mol. The number of benzene rings is 2. The number of aliphatic hydroxyl groups excluding tert-OH is 1. The second kappa shape index (κ2) is 21.6. The van der Waals surface area contributed by atoms with Crippen molar-refractivity contribution < 1.29 is 29.1 Å². The van der Waals surface area contributed by atoms with E-state index in [4.69, 9.17) is 17.2 Å². The first-order chi connectivity index (χ1) is 27.9. The molecule has 0 aliphatic heterocycles. The van der Waals surface area contributed by atoms with Crippen molar-refractivity contribution in [3.8, 4) is 0 Å². The zero-order chi connectivity index (χ0) is 41.6. The molecule has 2 aromatic carbocycles. The fourth-order valence-electron chi connectivity index (χ4n) is 7.70. The highest BCUT2D eigenvalue weighted by molar-refractivity contribution is 7.07. The molecule has 2 aromatic heterocycles. The van der Waals surface area contributed by atoms with Crippen LogP contribution in [0.2, 0.25) is 0 Å².